The summed E-state index contributed by atoms with van der Waals surface area (Å²) in [5, 5.41) is 6.65. The molecule has 2 N–H and O–H groups in total. The number of hydrogen-bond donors (Lipinski definition) is 1. The van der Waals surface area contributed by atoms with Crippen molar-refractivity contribution in [1.29, 1.82) is 0 Å². The van der Waals surface area contributed by atoms with E-state index >= 15 is 0 Å². The van der Waals surface area contributed by atoms with Crippen molar-refractivity contribution >= 4 is 18.0 Å². The second-order valence-electron chi connectivity index (χ2n) is 6.64. The quantitative estimate of drug-likeness (QED) is 0.511. The van der Waals surface area contributed by atoms with Gasteiger partial charge in [0.05, 0.1) is 6.54 Å². The molecule has 1 atom stereocenters. The van der Waals surface area contributed by atoms with Gasteiger partial charge in [-0.15, -0.1) is 5.10 Å². The van der Waals surface area contributed by atoms with E-state index in [0.717, 1.165) is 11.1 Å². The van der Waals surface area contributed by atoms with Gasteiger partial charge in [0, 0.05) is 32.8 Å². The first-order valence-corrected chi connectivity index (χ1v) is 9.10. The van der Waals surface area contributed by atoms with Crippen LogP contribution >= 0.6 is 0 Å². The summed E-state index contributed by atoms with van der Waals surface area (Å²) in [5.41, 5.74) is 6.18. The zero-order valence-corrected chi connectivity index (χ0v) is 16.6. The summed E-state index contributed by atoms with van der Waals surface area (Å²) in [4.78, 5) is 15.0. The van der Waals surface area contributed by atoms with Gasteiger partial charge in [0.15, 0.2) is 0 Å². The largest absolute Gasteiger partial charge is 0.451 e. The lowest BCUT2D eigenvalue weighted by Crippen LogP contribution is -2.44. The van der Waals surface area contributed by atoms with Crippen molar-refractivity contribution in [3.8, 4) is 0 Å². The monoisotopic (exact) mass is 417 g/mol. The Bertz CT molecular complexity index is 693. The minimum atomic E-state index is -4.64. The number of hydrogen-bond acceptors (Lipinski definition) is 5. The molecule has 0 aromatic carbocycles. The third-order valence-electron chi connectivity index (χ3n) is 4.39. The summed E-state index contributed by atoms with van der Waals surface area (Å²) < 4.78 is 52.7. The van der Waals surface area contributed by atoms with Crippen molar-refractivity contribution in [2.24, 2.45) is 21.9 Å². The number of amides is 1. The van der Waals surface area contributed by atoms with Crippen LogP contribution in [0.4, 0.5) is 17.6 Å². The fourth-order valence-electron chi connectivity index (χ4n) is 2.71. The van der Waals surface area contributed by atoms with Crippen LogP contribution in [0.25, 0.3) is 0 Å². The SMILES string of the molecule is C=C/C=C\C(CC(CN)CC(=O)N1C/C=N/N=C(/C(F)(F)F)N(C)CC1)=C(/C)F. The molecule has 1 rings (SSSR count). The van der Waals surface area contributed by atoms with E-state index in [1.54, 1.807) is 12.2 Å². The number of rotatable bonds is 7. The maximum absolute atomic E-state index is 13.7. The zero-order valence-electron chi connectivity index (χ0n) is 16.6. The summed E-state index contributed by atoms with van der Waals surface area (Å²) >= 11 is 0. The van der Waals surface area contributed by atoms with Gasteiger partial charge < -0.3 is 15.5 Å². The highest BCUT2D eigenvalue weighted by Crippen LogP contribution is 2.22. The van der Waals surface area contributed by atoms with Crippen LogP contribution in [0.2, 0.25) is 0 Å². The maximum Gasteiger partial charge on any atom is 0.451 e. The van der Waals surface area contributed by atoms with E-state index in [1.165, 1.54) is 24.9 Å². The Balaban J connectivity index is 2.82. The molecular weight excluding hydrogens is 390 g/mol. The molecule has 29 heavy (non-hydrogen) atoms. The second kappa shape index (κ2) is 11.5. The maximum atomic E-state index is 13.7. The third-order valence-corrected chi connectivity index (χ3v) is 4.39. The third kappa shape index (κ3) is 8.18. The Morgan fingerprint density at radius 1 is 1.38 bits per heavy atom. The number of allylic oxidation sites excluding steroid dienone is 5. The molecule has 162 valence electrons. The van der Waals surface area contributed by atoms with Crippen LogP contribution in [0.15, 0.2) is 46.4 Å². The summed E-state index contributed by atoms with van der Waals surface area (Å²) in [6, 6.07) is 0. The van der Waals surface area contributed by atoms with E-state index in [1.807, 2.05) is 0 Å². The van der Waals surface area contributed by atoms with E-state index in [9.17, 15) is 22.4 Å². The number of amidine groups is 1. The highest BCUT2D eigenvalue weighted by Gasteiger charge is 2.39. The average molecular weight is 417 g/mol. The fourth-order valence-corrected chi connectivity index (χ4v) is 2.71. The number of halogens is 4. The van der Waals surface area contributed by atoms with Gasteiger partial charge in [0.25, 0.3) is 0 Å². The van der Waals surface area contributed by atoms with Crippen LogP contribution in [-0.2, 0) is 4.79 Å². The smallest absolute Gasteiger partial charge is 0.352 e. The number of alkyl halides is 3. The number of likely N-dealkylation sites (N-methyl/N-ethyl adjacent to an activating group) is 1. The van der Waals surface area contributed by atoms with Crippen LogP contribution in [0.5, 0.6) is 0 Å². The first kappa shape index (κ1) is 24.5. The van der Waals surface area contributed by atoms with Crippen LogP contribution < -0.4 is 5.73 Å². The van der Waals surface area contributed by atoms with E-state index in [-0.39, 0.29) is 56.7 Å². The Kier molecular flexibility index (Phi) is 9.73. The minimum Gasteiger partial charge on any atom is -0.352 e. The van der Waals surface area contributed by atoms with Gasteiger partial charge in [-0.3, -0.25) is 4.79 Å². The van der Waals surface area contributed by atoms with Gasteiger partial charge >= 0.3 is 6.18 Å². The normalized spacial score (nSPS) is 20.9. The molecule has 1 amide bonds. The zero-order chi connectivity index (χ0) is 22.0. The highest BCUT2D eigenvalue weighted by molar-refractivity contribution is 5.88. The van der Waals surface area contributed by atoms with E-state index < -0.39 is 12.0 Å². The highest BCUT2D eigenvalue weighted by atomic mass is 19.4. The molecule has 1 aliphatic heterocycles. The lowest BCUT2D eigenvalue weighted by atomic mass is 9.94. The molecule has 0 bridgehead atoms. The lowest BCUT2D eigenvalue weighted by molar-refractivity contribution is -0.131. The van der Waals surface area contributed by atoms with E-state index in [4.69, 9.17) is 5.73 Å². The van der Waals surface area contributed by atoms with Crippen LogP contribution in [0.3, 0.4) is 0 Å². The molecule has 0 saturated heterocycles. The molecule has 1 aliphatic rings. The predicted molar refractivity (Wildman–Crippen MR) is 106 cm³/mol. The van der Waals surface area contributed by atoms with Crippen molar-refractivity contribution in [3.05, 3.63) is 36.2 Å². The van der Waals surface area contributed by atoms with Gasteiger partial charge in [0.1, 0.15) is 5.83 Å². The van der Waals surface area contributed by atoms with E-state index in [0.29, 0.717) is 5.57 Å². The van der Waals surface area contributed by atoms with Crippen LogP contribution in [-0.4, -0.2) is 67.2 Å². The molecule has 6 nitrogen and oxygen atoms in total. The predicted octanol–water partition coefficient (Wildman–Crippen LogP) is 3.05. The Labute approximate surface area is 168 Å². The Morgan fingerprint density at radius 3 is 2.62 bits per heavy atom. The number of carbonyl (C=O) groups excluding carboxylic acids is 1. The van der Waals surface area contributed by atoms with Gasteiger partial charge in [0.2, 0.25) is 11.7 Å². The second-order valence-corrected chi connectivity index (χ2v) is 6.64. The van der Waals surface area contributed by atoms with Gasteiger partial charge in [-0.2, -0.15) is 18.3 Å². The summed E-state index contributed by atoms with van der Waals surface area (Å²) in [7, 11) is 1.24. The van der Waals surface area contributed by atoms with Crippen molar-refractivity contribution in [2.45, 2.75) is 25.9 Å². The van der Waals surface area contributed by atoms with E-state index in [2.05, 4.69) is 16.8 Å². The molecule has 0 spiro atoms. The molecular formula is C19H27F4N5O. The Morgan fingerprint density at radius 2 is 2.07 bits per heavy atom. The van der Waals surface area contributed by atoms with Crippen LogP contribution in [0, 0.1) is 5.92 Å². The topological polar surface area (TPSA) is 74.3 Å². The average Bonchev–Trinajstić information content (AvgIpc) is 2.73. The first-order chi connectivity index (χ1) is 13.6. The number of carbonyl (C=O) groups is 1. The fraction of sp³-hybridized carbons (Fsp3) is 0.526. The molecule has 1 heterocycles. The molecule has 0 aromatic rings. The van der Waals surface area contributed by atoms with Gasteiger partial charge in [-0.05, 0) is 31.4 Å². The molecule has 10 heteroatoms. The molecule has 0 fully saturated rings. The molecule has 0 saturated carbocycles. The van der Waals surface area contributed by atoms with Crippen molar-refractivity contribution in [2.75, 3.05) is 33.2 Å². The first-order valence-electron chi connectivity index (χ1n) is 9.10. The Hall–Kier alpha value is -2.49. The summed E-state index contributed by atoms with van der Waals surface area (Å²) in [6.07, 6.45) is 1.51. The van der Waals surface area contributed by atoms with Crippen molar-refractivity contribution < 1.29 is 22.4 Å². The summed E-state index contributed by atoms with van der Waals surface area (Å²) in [5.74, 6) is -2.10. The lowest BCUT2D eigenvalue weighted by Gasteiger charge is -2.27. The minimum absolute atomic E-state index is 0.0276. The van der Waals surface area contributed by atoms with Gasteiger partial charge in [-0.1, -0.05) is 24.8 Å². The molecule has 0 radical (unpaired) electrons. The standard InChI is InChI=1S/C19H27F4N5O/c1-4-5-6-16(14(2)20)11-15(13-24)12-17(29)28-8-7-25-26-18(19(21,22)23)27(3)9-10-28/h4-7,15H,1,8-13,24H2,2-3H3/b6-5-,16-14-,25-7+,26-18-. The number of nitrogens with zero attached hydrogens (tertiary/aromatic N) is 4. The number of nitrogens with two attached hydrogens (primary N) is 1. The van der Waals surface area contributed by atoms with Gasteiger partial charge in [-0.25, -0.2) is 4.39 Å². The van der Waals surface area contributed by atoms with Crippen LogP contribution in [0.1, 0.15) is 19.8 Å². The van der Waals surface area contributed by atoms with Crippen molar-refractivity contribution in [3.63, 3.8) is 0 Å². The molecule has 0 aliphatic carbocycles. The molecule has 1 unspecified atom stereocenters. The summed E-state index contributed by atoms with van der Waals surface area (Å²) in [6.45, 7) is 5.06. The molecule has 0 aromatic heterocycles. The van der Waals surface area contributed by atoms with Crippen molar-refractivity contribution in [1.82, 2.24) is 9.80 Å².